The molecule has 1 aromatic heterocycles. The molecule has 1 aromatic carbocycles. The first-order chi connectivity index (χ1) is 10.0. The molecule has 0 radical (unpaired) electrons. The van der Waals surface area contributed by atoms with Crippen molar-refractivity contribution in [3.05, 3.63) is 57.6 Å². The monoisotopic (exact) mass is 308 g/mol. The summed E-state index contributed by atoms with van der Waals surface area (Å²) < 4.78 is 13.1. The molecule has 2 aromatic rings. The Morgan fingerprint density at radius 1 is 1.33 bits per heavy atom. The Balaban J connectivity index is 2.34. The van der Waals surface area contributed by atoms with Gasteiger partial charge < -0.3 is 0 Å². The number of nitrogens with one attached hydrogen (secondary N) is 1. The van der Waals surface area contributed by atoms with Crippen LogP contribution in [0, 0.1) is 12.7 Å². The summed E-state index contributed by atoms with van der Waals surface area (Å²) in [4.78, 5) is 0. The first-order valence-electron chi connectivity index (χ1n) is 6.78. The SMILES string of the molecule is CCc1nnc(C)cc1C(Cc1ccc(F)cc1Cl)NN. The van der Waals surface area contributed by atoms with E-state index in [0.717, 1.165) is 28.9 Å². The second-order valence-electron chi connectivity index (χ2n) is 4.90. The van der Waals surface area contributed by atoms with Crippen LogP contribution in [0.1, 0.15) is 35.5 Å². The van der Waals surface area contributed by atoms with Gasteiger partial charge >= 0.3 is 0 Å². The summed E-state index contributed by atoms with van der Waals surface area (Å²) >= 11 is 6.09. The quantitative estimate of drug-likeness (QED) is 0.658. The molecule has 4 nitrogen and oxygen atoms in total. The number of benzene rings is 1. The average molecular weight is 309 g/mol. The number of hydrogen-bond donors (Lipinski definition) is 2. The number of hydrogen-bond acceptors (Lipinski definition) is 4. The second-order valence-corrected chi connectivity index (χ2v) is 5.31. The van der Waals surface area contributed by atoms with Crippen LogP contribution < -0.4 is 11.3 Å². The Hall–Kier alpha value is -1.56. The van der Waals surface area contributed by atoms with Gasteiger partial charge in [0.15, 0.2) is 0 Å². The maximum absolute atomic E-state index is 13.1. The summed E-state index contributed by atoms with van der Waals surface area (Å²) in [6.45, 7) is 3.90. The van der Waals surface area contributed by atoms with Crippen LogP contribution in [0.15, 0.2) is 24.3 Å². The van der Waals surface area contributed by atoms with Gasteiger partial charge in [0, 0.05) is 5.02 Å². The van der Waals surface area contributed by atoms with Crippen molar-refractivity contribution in [3.8, 4) is 0 Å². The van der Waals surface area contributed by atoms with Gasteiger partial charge in [-0.15, -0.1) is 0 Å². The molecule has 0 saturated heterocycles. The van der Waals surface area contributed by atoms with Crippen molar-refractivity contribution in [2.75, 3.05) is 0 Å². The molecule has 0 amide bonds. The second kappa shape index (κ2) is 6.93. The molecule has 3 N–H and O–H groups in total. The molecule has 2 rings (SSSR count). The van der Waals surface area contributed by atoms with Gasteiger partial charge in [-0.05, 0) is 49.1 Å². The van der Waals surface area contributed by atoms with Crippen molar-refractivity contribution >= 4 is 11.6 Å². The molecule has 0 bridgehead atoms. The Bertz CT molecular complexity index is 633. The number of nitrogens with zero attached hydrogens (tertiary/aromatic N) is 2. The number of hydrazine groups is 1. The maximum atomic E-state index is 13.1. The van der Waals surface area contributed by atoms with Crippen molar-refractivity contribution in [1.82, 2.24) is 15.6 Å². The molecule has 0 fully saturated rings. The minimum absolute atomic E-state index is 0.155. The number of aromatic nitrogens is 2. The topological polar surface area (TPSA) is 63.8 Å². The first kappa shape index (κ1) is 15.8. The highest BCUT2D eigenvalue weighted by atomic mass is 35.5. The highest BCUT2D eigenvalue weighted by molar-refractivity contribution is 6.31. The van der Waals surface area contributed by atoms with E-state index < -0.39 is 0 Å². The average Bonchev–Trinajstić information content (AvgIpc) is 2.46. The summed E-state index contributed by atoms with van der Waals surface area (Å²) in [5.41, 5.74) is 6.33. The van der Waals surface area contributed by atoms with E-state index in [4.69, 9.17) is 17.4 Å². The molecule has 1 atom stereocenters. The molecule has 6 heteroatoms. The van der Waals surface area contributed by atoms with Gasteiger partial charge in [-0.3, -0.25) is 11.3 Å². The summed E-state index contributed by atoms with van der Waals surface area (Å²) in [5.74, 6) is 5.34. The highest BCUT2D eigenvalue weighted by Crippen LogP contribution is 2.25. The zero-order chi connectivity index (χ0) is 15.4. The Morgan fingerprint density at radius 2 is 2.10 bits per heavy atom. The summed E-state index contributed by atoms with van der Waals surface area (Å²) in [7, 11) is 0. The van der Waals surface area contributed by atoms with Gasteiger partial charge in [0.2, 0.25) is 0 Å². The third-order valence-corrected chi connectivity index (χ3v) is 3.73. The minimum atomic E-state index is -0.350. The van der Waals surface area contributed by atoms with Crippen LogP contribution >= 0.6 is 11.6 Å². The van der Waals surface area contributed by atoms with E-state index in [1.807, 2.05) is 19.9 Å². The van der Waals surface area contributed by atoms with E-state index in [2.05, 4.69) is 15.6 Å². The molecule has 0 saturated carbocycles. The van der Waals surface area contributed by atoms with E-state index in [1.54, 1.807) is 6.07 Å². The molecule has 112 valence electrons. The fourth-order valence-corrected chi connectivity index (χ4v) is 2.52. The van der Waals surface area contributed by atoms with Crippen molar-refractivity contribution in [2.24, 2.45) is 5.84 Å². The smallest absolute Gasteiger partial charge is 0.124 e. The number of nitrogens with two attached hydrogens (primary N) is 1. The van der Waals surface area contributed by atoms with Crippen LogP contribution in [-0.4, -0.2) is 10.2 Å². The lowest BCUT2D eigenvalue weighted by molar-refractivity contribution is 0.541. The molecule has 1 heterocycles. The number of aryl methyl sites for hydroxylation is 2. The van der Waals surface area contributed by atoms with Crippen molar-refractivity contribution in [1.29, 1.82) is 0 Å². The van der Waals surface area contributed by atoms with Crippen LogP contribution in [0.5, 0.6) is 0 Å². The predicted molar refractivity (Wildman–Crippen MR) is 81.3 cm³/mol. The fourth-order valence-electron chi connectivity index (χ4n) is 2.28. The first-order valence-corrected chi connectivity index (χ1v) is 7.16. The number of rotatable bonds is 5. The van der Waals surface area contributed by atoms with Gasteiger partial charge in [-0.25, -0.2) is 4.39 Å². The van der Waals surface area contributed by atoms with E-state index >= 15 is 0 Å². The van der Waals surface area contributed by atoms with Crippen LogP contribution in [0.4, 0.5) is 4.39 Å². The van der Waals surface area contributed by atoms with Crippen molar-refractivity contribution < 1.29 is 4.39 Å². The van der Waals surface area contributed by atoms with Crippen LogP contribution in [0.3, 0.4) is 0 Å². The Morgan fingerprint density at radius 3 is 2.71 bits per heavy atom. The lowest BCUT2D eigenvalue weighted by Gasteiger charge is -2.19. The maximum Gasteiger partial charge on any atom is 0.124 e. The zero-order valence-electron chi connectivity index (χ0n) is 12.0. The summed E-state index contributed by atoms with van der Waals surface area (Å²) in [5, 5.41) is 8.67. The molecule has 1 unspecified atom stereocenters. The minimum Gasteiger partial charge on any atom is -0.271 e. The van der Waals surface area contributed by atoms with Gasteiger partial charge in [0.1, 0.15) is 5.82 Å². The highest BCUT2D eigenvalue weighted by Gasteiger charge is 2.17. The van der Waals surface area contributed by atoms with E-state index in [-0.39, 0.29) is 11.9 Å². The third kappa shape index (κ3) is 3.75. The largest absolute Gasteiger partial charge is 0.271 e. The van der Waals surface area contributed by atoms with Gasteiger partial charge in [-0.1, -0.05) is 24.6 Å². The number of halogens is 2. The fraction of sp³-hybridized carbons (Fsp3) is 0.333. The van der Waals surface area contributed by atoms with Crippen molar-refractivity contribution in [3.63, 3.8) is 0 Å². The molecule has 21 heavy (non-hydrogen) atoms. The lowest BCUT2D eigenvalue weighted by atomic mass is 9.97. The third-order valence-electron chi connectivity index (χ3n) is 3.38. The van der Waals surface area contributed by atoms with Crippen LogP contribution in [0.2, 0.25) is 5.02 Å². The van der Waals surface area contributed by atoms with Crippen LogP contribution in [-0.2, 0) is 12.8 Å². The van der Waals surface area contributed by atoms with Gasteiger partial charge in [0.05, 0.1) is 17.4 Å². The molecule has 0 spiro atoms. The normalized spacial score (nSPS) is 12.4. The van der Waals surface area contributed by atoms with E-state index in [9.17, 15) is 4.39 Å². The summed E-state index contributed by atoms with van der Waals surface area (Å²) in [6.07, 6.45) is 1.31. The van der Waals surface area contributed by atoms with Gasteiger partial charge in [-0.2, -0.15) is 10.2 Å². The Kier molecular flexibility index (Phi) is 5.22. The van der Waals surface area contributed by atoms with E-state index in [1.165, 1.54) is 12.1 Å². The predicted octanol–water partition coefficient (Wildman–Crippen LogP) is 2.89. The standard InChI is InChI=1S/C15H18ClFN4/c1-3-14-12(6-9(2)20-21-14)15(19-18)7-10-4-5-11(17)8-13(10)16/h4-6,8,15,19H,3,7,18H2,1-2H3. The molecule has 0 aliphatic rings. The Labute approximate surface area is 128 Å². The van der Waals surface area contributed by atoms with Crippen molar-refractivity contribution in [2.45, 2.75) is 32.7 Å². The molecular formula is C15H18ClFN4. The van der Waals surface area contributed by atoms with Crippen LogP contribution in [0.25, 0.3) is 0 Å². The zero-order valence-corrected chi connectivity index (χ0v) is 12.8. The molecular weight excluding hydrogens is 291 g/mol. The van der Waals surface area contributed by atoms with E-state index in [0.29, 0.717) is 11.4 Å². The van der Waals surface area contributed by atoms with Gasteiger partial charge in [0.25, 0.3) is 0 Å². The summed E-state index contributed by atoms with van der Waals surface area (Å²) in [6, 6.07) is 6.19. The molecule has 0 aliphatic heterocycles. The lowest BCUT2D eigenvalue weighted by Crippen LogP contribution is -2.31. The molecule has 0 aliphatic carbocycles.